The van der Waals surface area contributed by atoms with Gasteiger partial charge in [-0.05, 0) is 17.7 Å². The quantitative estimate of drug-likeness (QED) is 0.601. The van der Waals surface area contributed by atoms with Crippen molar-refractivity contribution in [1.29, 1.82) is 0 Å². The van der Waals surface area contributed by atoms with Gasteiger partial charge in [-0.1, -0.05) is 30.3 Å². The lowest BCUT2D eigenvalue weighted by atomic mass is 10.1. The van der Waals surface area contributed by atoms with Crippen LogP contribution in [0.4, 0.5) is 17.2 Å². The van der Waals surface area contributed by atoms with Crippen LogP contribution >= 0.6 is 0 Å². The molecule has 7 nitrogen and oxygen atoms in total. The molecule has 150 valence electrons. The van der Waals surface area contributed by atoms with Gasteiger partial charge in [-0.2, -0.15) is 0 Å². The highest BCUT2D eigenvalue weighted by atomic mass is 16.5. The first-order valence-electron chi connectivity index (χ1n) is 8.99. The number of ether oxygens (including phenoxy) is 3. The minimum atomic E-state index is -0.117. The molecular weight excluding hydrogens is 370 g/mol. The van der Waals surface area contributed by atoms with E-state index in [-0.39, 0.29) is 5.91 Å². The van der Waals surface area contributed by atoms with Crippen molar-refractivity contribution in [2.24, 2.45) is 0 Å². The molecule has 1 amide bonds. The van der Waals surface area contributed by atoms with Gasteiger partial charge in [0.2, 0.25) is 11.7 Å². The van der Waals surface area contributed by atoms with Crippen molar-refractivity contribution >= 4 is 23.1 Å². The van der Waals surface area contributed by atoms with Crippen LogP contribution in [0.5, 0.6) is 17.2 Å². The molecule has 0 atom stereocenters. The molecule has 3 rings (SSSR count). The molecule has 0 aliphatic rings. The summed E-state index contributed by atoms with van der Waals surface area (Å²) in [5, 5.41) is 6.03. The van der Waals surface area contributed by atoms with Crippen molar-refractivity contribution < 1.29 is 19.0 Å². The van der Waals surface area contributed by atoms with Crippen LogP contribution in [0.1, 0.15) is 5.56 Å². The summed E-state index contributed by atoms with van der Waals surface area (Å²) in [7, 11) is 4.69. The number of carbonyl (C=O) groups is 1. The highest BCUT2D eigenvalue weighted by molar-refractivity contribution is 5.91. The summed E-state index contributed by atoms with van der Waals surface area (Å²) in [6.45, 7) is 0. The van der Waals surface area contributed by atoms with Crippen molar-refractivity contribution in [1.82, 2.24) is 4.98 Å². The maximum atomic E-state index is 12.2. The van der Waals surface area contributed by atoms with Gasteiger partial charge in [0, 0.05) is 17.8 Å². The summed E-state index contributed by atoms with van der Waals surface area (Å²) in [6.07, 6.45) is 1.94. The average molecular weight is 393 g/mol. The van der Waals surface area contributed by atoms with E-state index < -0.39 is 0 Å². The van der Waals surface area contributed by atoms with Gasteiger partial charge in [-0.3, -0.25) is 4.79 Å². The molecule has 1 heterocycles. The average Bonchev–Trinajstić information content (AvgIpc) is 2.75. The Kier molecular flexibility index (Phi) is 6.52. The van der Waals surface area contributed by atoms with Crippen molar-refractivity contribution in [3.63, 3.8) is 0 Å². The van der Waals surface area contributed by atoms with Crippen LogP contribution in [-0.2, 0) is 11.2 Å². The SMILES string of the molecule is COc1cc(Nc2ccc(NC(=O)Cc3ccccc3)nc2)cc(OC)c1OC. The van der Waals surface area contributed by atoms with Gasteiger partial charge in [0.05, 0.1) is 39.6 Å². The summed E-state index contributed by atoms with van der Waals surface area (Å²) in [5.74, 6) is 1.99. The van der Waals surface area contributed by atoms with E-state index in [1.807, 2.05) is 36.4 Å². The van der Waals surface area contributed by atoms with Crippen LogP contribution in [0, 0.1) is 0 Å². The predicted octanol–water partition coefficient (Wildman–Crippen LogP) is 4.03. The molecule has 2 aromatic carbocycles. The summed E-state index contributed by atoms with van der Waals surface area (Å²) >= 11 is 0. The van der Waals surface area contributed by atoms with Gasteiger partial charge >= 0.3 is 0 Å². The molecule has 1 aromatic heterocycles. The Hall–Kier alpha value is -3.74. The molecule has 0 aliphatic heterocycles. The van der Waals surface area contributed by atoms with Crippen LogP contribution in [0.2, 0.25) is 0 Å². The molecule has 0 saturated carbocycles. The Labute approximate surface area is 169 Å². The Bertz CT molecular complexity index is 935. The Morgan fingerprint density at radius 2 is 1.59 bits per heavy atom. The number of carbonyl (C=O) groups excluding carboxylic acids is 1. The number of pyridine rings is 1. The molecule has 0 fully saturated rings. The number of hydrogen-bond acceptors (Lipinski definition) is 6. The Balaban J connectivity index is 1.67. The van der Waals surface area contributed by atoms with Gasteiger partial charge in [0.25, 0.3) is 0 Å². The lowest BCUT2D eigenvalue weighted by molar-refractivity contribution is -0.115. The number of amides is 1. The lowest BCUT2D eigenvalue weighted by Crippen LogP contribution is -2.15. The fourth-order valence-electron chi connectivity index (χ4n) is 2.83. The van der Waals surface area contributed by atoms with E-state index in [4.69, 9.17) is 14.2 Å². The number of nitrogens with one attached hydrogen (secondary N) is 2. The molecule has 2 N–H and O–H groups in total. The monoisotopic (exact) mass is 393 g/mol. The number of methoxy groups -OCH3 is 3. The first-order chi connectivity index (χ1) is 14.1. The number of benzene rings is 2. The highest BCUT2D eigenvalue weighted by Crippen LogP contribution is 2.40. The van der Waals surface area contributed by atoms with E-state index in [2.05, 4.69) is 15.6 Å². The second-order valence-electron chi connectivity index (χ2n) is 6.18. The molecule has 0 radical (unpaired) electrons. The van der Waals surface area contributed by atoms with Gasteiger partial charge in [0.1, 0.15) is 5.82 Å². The lowest BCUT2D eigenvalue weighted by Gasteiger charge is -2.15. The second-order valence-corrected chi connectivity index (χ2v) is 6.18. The van der Waals surface area contributed by atoms with Crippen molar-refractivity contribution in [2.45, 2.75) is 6.42 Å². The number of anilines is 3. The fraction of sp³-hybridized carbons (Fsp3) is 0.182. The summed E-state index contributed by atoms with van der Waals surface area (Å²) in [6, 6.07) is 16.7. The molecule has 3 aromatic rings. The smallest absolute Gasteiger partial charge is 0.229 e. The van der Waals surface area contributed by atoms with E-state index in [0.29, 0.717) is 29.5 Å². The number of hydrogen-bond donors (Lipinski definition) is 2. The van der Waals surface area contributed by atoms with Gasteiger partial charge in [-0.15, -0.1) is 0 Å². The zero-order valence-corrected chi connectivity index (χ0v) is 16.6. The highest BCUT2D eigenvalue weighted by Gasteiger charge is 2.13. The Morgan fingerprint density at radius 3 is 2.14 bits per heavy atom. The van der Waals surface area contributed by atoms with Gasteiger partial charge in [-0.25, -0.2) is 4.98 Å². The van der Waals surface area contributed by atoms with E-state index in [9.17, 15) is 4.79 Å². The second kappa shape index (κ2) is 9.45. The van der Waals surface area contributed by atoms with E-state index in [1.165, 1.54) is 0 Å². The molecule has 0 aliphatic carbocycles. The molecule has 7 heteroatoms. The van der Waals surface area contributed by atoms with Crippen LogP contribution in [0.15, 0.2) is 60.8 Å². The number of aromatic nitrogens is 1. The van der Waals surface area contributed by atoms with E-state index in [0.717, 1.165) is 16.9 Å². The normalized spacial score (nSPS) is 10.2. The maximum absolute atomic E-state index is 12.2. The summed E-state index contributed by atoms with van der Waals surface area (Å²) < 4.78 is 16.0. The van der Waals surface area contributed by atoms with Crippen LogP contribution in [-0.4, -0.2) is 32.2 Å². The minimum Gasteiger partial charge on any atom is -0.493 e. The predicted molar refractivity (Wildman–Crippen MR) is 112 cm³/mol. The van der Waals surface area contributed by atoms with E-state index >= 15 is 0 Å². The van der Waals surface area contributed by atoms with Gasteiger partial charge in [0.15, 0.2) is 11.5 Å². The van der Waals surface area contributed by atoms with Gasteiger partial charge < -0.3 is 24.8 Å². The third-order valence-electron chi connectivity index (χ3n) is 4.19. The van der Waals surface area contributed by atoms with Crippen LogP contribution in [0.3, 0.4) is 0 Å². The molecule has 0 saturated heterocycles. The zero-order valence-electron chi connectivity index (χ0n) is 16.6. The summed E-state index contributed by atoms with van der Waals surface area (Å²) in [5.41, 5.74) is 2.45. The standard InChI is InChI=1S/C22H23N3O4/c1-27-18-12-17(13-19(28-2)22(18)29-3)24-16-9-10-20(23-14-16)25-21(26)11-15-7-5-4-6-8-15/h4-10,12-14,24H,11H2,1-3H3,(H,23,25,26). The third-order valence-corrected chi connectivity index (χ3v) is 4.19. The number of rotatable bonds is 8. The molecular formula is C22H23N3O4. The van der Waals surface area contributed by atoms with Crippen molar-refractivity contribution in [3.05, 3.63) is 66.4 Å². The molecule has 0 unspecified atom stereocenters. The van der Waals surface area contributed by atoms with Crippen LogP contribution in [0.25, 0.3) is 0 Å². The Morgan fingerprint density at radius 1 is 0.897 bits per heavy atom. The largest absolute Gasteiger partial charge is 0.493 e. The number of nitrogens with zero attached hydrogens (tertiary/aromatic N) is 1. The maximum Gasteiger partial charge on any atom is 0.229 e. The first kappa shape index (κ1) is 20.0. The molecule has 0 spiro atoms. The molecule has 0 bridgehead atoms. The topological polar surface area (TPSA) is 81.7 Å². The minimum absolute atomic E-state index is 0.117. The van der Waals surface area contributed by atoms with Crippen molar-refractivity contribution in [3.8, 4) is 17.2 Å². The summed E-state index contributed by atoms with van der Waals surface area (Å²) in [4.78, 5) is 16.4. The fourth-order valence-corrected chi connectivity index (χ4v) is 2.83. The van der Waals surface area contributed by atoms with Crippen LogP contribution < -0.4 is 24.8 Å². The first-order valence-corrected chi connectivity index (χ1v) is 8.99. The zero-order chi connectivity index (χ0) is 20.6. The van der Waals surface area contributed by atoms with E-state index in [1.54, 1.807) is 45.7 Å². The van der Waals surface area contributed by atoms with Crippen molar-refractivity contribution in [2.75, 3.05) is 32.0 Å². The third kappa shape index (κ3) is 5.16. The molecule has 29 heavy (non-hydrogen) atoms.